The van der Waals surface area contributed by atoms with Crippen LogP contribution in [0.25, 0.3) is 0 Å². The molecule has 3 aromatic rings. The van der Waals surface area contributed by atoms with Crippen LogP contribution in [0.15, 0.2) is 60.7 Å². The van der Waals surface area contributed by atoms with Crippen LogP contribution in [0.5, 0.6) is 5.75 Å². The number of carbonyl (C=O) groups excluding carboxylic acids is 5. The molecule has 5 aliphatic rings. The van der Waals surface area contributed by atoms with Gasteiger partial charge in [0.05, 0.1) is 21.7 Å². The molecule has 3 saturated heterocycles. The third kappa shape index (κ3) is 7.92. The molecule has 3 atom stereocenters. The molecule has 8 rings (SSSR count). The van der Waals surface area contributed by atoms with E-state index in [9.17, 15) is 29.2 Å². The highest BCUT2D eigenvalue weighted by Gasteiger charge is 2.64. The molecule has 4 aliphatic heterocycles. The molecule has 13 nitrogen and oxygen atoms in total. The molecular weight excluding hydrogens is 806 g/mol. The maximum Gasteiger partial charge on any atom is 0.262 e. The number of nitrogens with zero attached hydrogens (tertiary/aromatic N) is 5. The van der Waals surface area contributed by atoms with Crippen molar-refractivity contribution in [1.29, 1.82) is 5.26 Å². The van der Waals surface area contributed by atoms with Gasteiger partial charge in [-0.1, -0.05) is 39.3 Å². The molecule has 14 heteroatoms. The van der Waals surface area contributed by atoms with Gasteiger partial charge in [0.1, 0.15) is 24.0 Å². The Balaban J connectivity index is 0.800. The van der Waals surface area contributed by atoms with Gasteiger partial charge in [0, 0.05) is 84.6 Å². The second-order valence-electron chi connectivity index (χ2n) is 19.1. The molecule has 1 aliphatic carbocycles. The smallest absolute Gasteiger partial charge is 0.262 e. The van der Waals surface area contributed by atoms with Crippen molar-refractivity contribution in [2.24, 2.45) is 16.7 Å². The zero-order chi connectivity index (χ0) is 44.2. The summed E-state index contributed by atoms with van der Waals surface area (Å²) in [4.78, 5) is 72.6. The average Bonchev–Trinajstić information content (AvgIpc) is 3.49. The van der Waals surface area contributed by atoms with Gasteiger partial charge in [-0.05, 0) is 107 Å². The van der Waals surface area contributed by atoms with E-state index < -0.39 is 29.7 Å². The number of fused-ring (bicyclic) bond motifs is 1. The summed E-state index contributed by atoms with van der Waals surface area (Å²) in [6, 6.07) is 20.1. The molecule has 4 heterocycles. The predicted molar refractivity (Wildman–Crippen MR) is 236 cm³/mol. The second-order valence-corrected chi connectivity index (χ2v) is 19.5. The summed E-state index contributed by atoms with van der Waals surface area (Å²) in [5.74, 6) is -0.893. The summed E-state index contributed by atoms with van der Waals surface area (Å²) >= 11 is 6.27. The Labute approximate surface area is 368 Å². The van der Waals surface area contributed by atoms with E-state index in [-0.39, 0.29) is 41.7 Å². The fourth-order valence-corrected chi connectivity index (χ4v) is 11.3. The molecule has 0 bridgehead atoms. The van der Waals surface area contributed by atoms with Crippen LogP contribution in [0.2, 0.25) is 5.02 Å². The largest absolute Gasteiger partial charge is 0.489 e. The lowest BCUT2D eigenvalue weighted by Gasteiger charge is -2.63. The number of hydrogen-bond acceptors (Lipinski definition) is 10. The Morgan fingerprint density at radius 2 is 1.50 bits per heavy atom. The number of benzene rings is 3. The molecule has 0 spiro atoms. The lowest BCUT2D eigenvalue weighted by molar-refractivity contribution is -0.164. The molecule has 1 unspecified atom stereocenters. The fourth-order valence-electron chi connectivity index (χ4n) is 11.1. The minimum absolute atomic E-state index is 0.0923. The standard InChI is InChI=1S/C48H56ClN7O6/c1-28-26-54(33-10-7-31(8-11-33)41(58)52-45-47(3,4)46(48(45,5)6)62-35-13-9-32(25-50)38(49)24-35)27-29(2)55(28)22-19-30-17-20-53(21-18-30)34-12-14-36-37(23-34)44(61)56(43(36)60)39-15-16-40(57)51-42(39)59/h7-14,23-24,28-30,39,45-46H,15-22,26-27H2,1-6H3,(H,52,58)(H,51,57,59)/t28-,29+,39?,45?,46?. The highest BCUT2D eigenvalue weighted by atomic mass is 35.5. The summed E-state index contributed by atoms with van der Waals surface area (Å²) in [5, 5.41) is 15.1. The van der Waals surface area contributed by atoms with Gasteiger partial charge in [0.2, 0.25) is 11.8 Å². The van der Waals surface area contributed by atoms with Gasteiger partial charge in [-0.25, -0.2) is 0 Å². The number of ether oxygens (including phenoxy) is 1. The molecule has 1 saturated carbocycles. The van der Waals surface area contributed by atoms with Crippen LogP contribution < -0.4 is 25.2 Å². The molecule has 3 aromatic carbocycles. The Morgan fingerprint density at radius 1 is 0.855 bits per heavy atom. The number of halogens is 1. The SMILES string of the molecule is C[C@@H]1CN(c2ccc(C(=O)NC3C(C)(C)C(Oc4ccc(C#N)c(Cl)c4)C3(C)C)cc2)C[C@H](C)N1CCC1CCN(c2ccc3c(c2)C(=O)N(C2CCC(=O)NC2=O)C3=O)CC1. The van der Waals surface area contributed by atoms with Crippen LogP contribution in [-0.2, 0) is 9.59 Å². The predicted octanol–water partition coefficient (Wildman–Crippen LogP) is 6.43. The lowest BCUT2D eigenvalue weighted by atomic mass is 9.49. The molecule has 4 fully saturated rings. The first-order chi connectivity index (χ1) is 29.5. The number of rotatable bonds is 10. The summed E-state index contributed by atoms with van der Waals surface area (Å²) in [6.07, 6.45) is 3.22. The third-order valence-corrected chi connectivity index (χ3v) is 14.5. The van der Waals surface area contributed by atoms with Crippen molar-refractivity contribution in [2.45, 2.75) is 104 Å². The summed E-state index contributed by atoms with van der Waals surface area (Å²) < 4.78 is 6.40. The van der Waals surface area contributed by atoms with Crippen LogP contribution in [-0.4, -0.2) is 102 Å². The second kappa shape index (κ2) is 16.7. The number of amides is 5. The normalized spacial score (nSPS) is 26.1. The van der Waals surface area contributed by atoms with Crippen LogP contribution in [0.3, 0.4) is 0 Å². The Kier molecular flexibility index (Phi) is 11.6. The van der Waals surface area contributed by atoms with Crippen molar-refractivity contribution in [3.8, 4) is 11.8 Å². The lowest BCUT2D eigenvalue weighted by Crippen LogP contribution is -2.74. The zero-order valence-corrected chi connectivity index (χ0v) is 37.1. The van der Waals surface area contributed by atoms with Crippen molar-refractivity contribution >= 4 is 52.5 Å². The molecule has 5 amide bonds. The molecule has 0 aromatic heterocycles. The number of piperazine rings is 1. The number of carbonyl (C=O) groups is 5. The van der Waals surface area contributed by atoms with E-state index in [4.69, 9.17) is 16.3 Å². The van der Waals surface area contributed by atoms with E-state index in [0.29, 0.717) is 51.0 Å². The first-order valence-corrected chi connectivity index (χ1v) is 22.2. The van der Waals surface area contributed by atoms with Gasteiger partial charge in [-0.15, -0.1) is 0 Å². The summed E-state index contributed by atoms with van der Waals surface area (Å²) in [6.45, 7) is 17.5. The average molecular weight is 862 g/mol. The van der Waals surface area contributed by atoms with Crippen LogP contribution >= 0.6 is 11.6 Å². The molecule has 2 N–H and O–H groups in total. The van der Waals surface area contributed by atoms with Gasteiger partial charge in [-0.3, -0.25) is 39.1 Å². The third-order valence-electron chi connectivity index (χ3n) is 14.2. The van der Waals surface area contributed by atoms with Crippen LogP contribution in [0.1, 0.15) is 110 Å². The van der Waals surface area contributed by atoms with Gasteiger partial charge in [-0.2, -0.15) is 5.26 Å². The van der Waals surface area contributed by atoms with Gasteiger partial charge < -0.3 is 19.9 Å². The number of imide groups is 2. The van der Waals surface area contributed by atoms with E-state index in [2.05, 4.69) is 85.1 Å². The molecule has 326 valence electrons. The van der Waals surface area contributed by atoms with E-state index >= 15 is 0 Å². The number of nitriles is 1. The minimum Gasteiger partial charge on any atom is -0.489 e. The Morgan fingerprint density at radius 3 is 2.13 bits per heavy atom. The number of nitrogens with one attached hydrogen (secondary N) is 2. The van der Waals surface area contributed by atoms with E-state index in [1.165, 1.54) is 0 Å². The van der Waals surface area contributed by atoms with Crippen LogP contribution in [0.4, 0.5) is 11.4 Å². The van der Waals surface area contributed by atoms with Crippen LogP contribution in [0, 0.1) is 28.1 Å². The first-order valence-electron chi connectivity index (χ1n) is 21.9. The molecular formula is C48H56ClN7O6. The topological polar surface area (TPSA) is 155 Å². The van der Waals surface area contributed by atoms with Crippen molar-refractivity contribution in [1.82, 2.24) is 20.4 Å². The maximum atomic E-state index is 13.6. The number of piperidine rings is 2. The van der Waals surface area contributed by atoms with E-state index in [1.54, 1.807) is 30.3 Å². The maximum absolute atomic E-state index is 13.6. The van der Waals surface area contributed by atoms with E-state index in [0.717, 1.165) is 68.3 Å². The monoisotopic (exact) mass is 861 g/mol. The Bertz CT molecular complexity index is 2310. The van der Waals surface area contributed by atoms with Gasteiger partial charge >= 0.3 is 0 Å². The van der Waals surface area contributed by atoms with Crippen molar-refractivity contribution in [3.63, 3.8) is 0 Å². The summed E-state index contributed by atoms with van der Waals surface area (Å²) in [7, 11) is 0. The highest BCUT2D eigenvalue weighted by Crippen LogP contribution is 2.55. The highest BCUT2D eigenvalue weighted by molar-refractivity contribution is 6.31. The van der Waals surface area contributed by atoms with Crippen molar-refractivity contribution in [3.05, 3.63) is 87.9 Å². The van der Waals surface area contributed by atoms with Gasteiger partial charge in [0.25, 0.3) is 17.7 Å². The number of hydrogen-bond donors (Lipinski definition) is 2. The number of anilines is 2. The minimum atomic E-state index is -0.973. The van der Waals surface area contributed by atoms with E-state index in [1.807, 2.05) is 18.2 Å². The summed E-state index contributed by atoms with van der Waals surface area (Å²) in [5.41, 5.74) is 2.92. The quantitative estimate of drug-likeness (QED) is 0.218. The molecule has 62 heavy (non-hydrogen) atoms. The zero-order valence-electron chi connectivity index (χ0n) is 36.4. The van der Waals surface area contributed by atoms with Gasteiger partial charge in [0.15, 0.2) is 0 Å². The van der Waals surface area contributed by atoms with Crippen molar-refractivity contribution in [2.75, 3.05) is 42.5 Å². The van der Waals surface area contributed by atoms with Crippen molar-refractivity contribution < 1.29 is 28.7 Å². The fraction of sp³-hybridized carbons (Fsp3) is 0.500. The molecule has 0 radical (unpaired) electrons. The Hall–Kier alpha value is -5.45. The first kappa shape index (κ1) is 43.2.